The van der Waals surface area contributed by atoms with Crippen LogP contribution in [0, 0.1) is 6.92 Å². The van der Waals surface area contributed by atoms with Gasteiger partial charge in [0.05, 0.1) is 0 Å². The highest BCUT2D eigenvalue weighted by atomic mass is 28.4. The van der Waals surface area contributed by atoms with Gasteiger partial charge in [0.15, 0.2) is 5.78 Å². The summed E-state index contributed by atoms with van der Waals surface area (Å²) in [6, 6.07) is 25.8. The van der Waals surface area contributed by atoms with E-state index in [0.717, 1.165) is 21.5 Å². The highest BCUT2D eigenvalue weighted by Crippen LogP contribution is 2.37. The molecule has 2 saturated heterocycles. The van der Waals surface area contributed by atoms with Crippen molar-refractivity contribution in [1.29, 1.82) is 0 Å². The molecule has 3 aromatic carbocycles. The van der Waals surface area contributed by atoms with Crippen LogP contribution in [0.5, 0.6) is 0 Å². The van der Waals surface area contributed by atoms with Gasteiger partial charge in [-0.3, -0.25) is 24.0 Å². The number of fused-ring (bicyclic) bond motifs is 1. The molecule has 0 aliphatic carbocycles. The average Bonchev–Trinajstić information content (AvgIpc) is 3.69. The maximum atomic E-state index is 14.1. The number of amides is 4. The van der Waals surface area contributed by atoms with Crippen molar-refractivity contribution in [1.82, 2.24) is 20.9 Å². The molecule has 0 unspecified atom stereocenters. The number of Topliss-reactive ketones (excluding diaryl/α,β-unsaturated/α-hetero) is 1. The topological polar surface area (TPSA) is 134 Å². The summed E-state index contributed by atoms with van der Waals surface area (Å²) in [5.74, 6) is -1.54. The number of rotatable bonds is 14. The third-order valence-electron chi connectivity index (χ3n) is 11.9. The van der Waals surface area contributed by atoms with Crippen LogP contribution in [0.15, 0.2) is 84.9 Å². The number of carbonyl (C=O) groups excluding carboxylic acids is 5. The third-order valence-corrected chi connectivity index (χ3v) is 17.0. The largest absolute Gasteiger partial charge is 0.398 e. The minimum atomic E-state index is -2.91. The fourth-order valence-electron chi connectivity index (χ4n) is 8.23. The SMILES string of the molecule is CC[C@]1(C)NC(=O)[C@H](CCCCCC(=O)[C@H](C)O[Si](c2ccccc2)(c2ccccc2)C(C)(C)C)NC(=O)[C@H]2CCCN2C(=O)[C@H](Cc2ccc(C)cc2)NC1=O. The molecule has 0 bridgehead atoms. The van der Waals surface area contributed by atoms with E-state index in [0.29, 0.717) is 51.5 Å². The summed E-state index contributed by atoms with van der Waals surface area (Å²) < 4.78 is 7.03. The molecule has 2 fully saturated rings. The fraction of sp³-hybridized carbons (Fsp3) is 0.500. The van der Waals surface area contributed by atoms with Gasteiger partial charge in [0.25, 0.3) is 8.32 Å². The molecule has 10 nitrogen and oxygen atoms in total. The summed E-state index contributed by atoms with van der Waals surface area (Å²) in [5, 5.41) is 10.8. The third kappa shape index (κ3) is 10.1. The van der Waals surface area contributed by atoms with Gasteiger partial charge in [-0.2, -0.15) is 0 Å². The van der Waals surface area contributed by atoms with Gasteiger partial charge in [0.2, 0.25) is 23.6 Å². The van der Waals surface area contributed by atoms with Gasteiger partial charge in [0, 0.05) is 19.4 Å². The molecule has 0 spiro atoms. The summed E-state index contributed by atoms with van der Waals surface area (Å²) in [7, 11) is -2.91. The summed E-state index contributed by atoms with van der Waals surface area (Å²) >= 11 is 0. The lowest BCUT2D eigenvalue weighted by Crippen LogP contribution is -2.68. The summed E-state index contributed by atoms with van der Waals surface area (Å²) in [4.78, 5) is 71.0. The quantitative estimate of drug-likeness (QED) is 0.150. The van der Waals surface area contributed by atoms with Gasteiger partial charge in [-0.15, -0.1) is 0 Å². The molecule has 3 aromatic rings. The van der Waals surface area contributed by atoms with Crippen molar-refractivity contribution in [2.75, 3.05) is 6.54 Å². The molecule has 11 heteroatoms. The van der Waals surface area contributed by atoms with E-state index in [4.69, 9.17) is 4.43 Å². The first-order valence-electron chi connectivity index (χ1n) is 20.7. The van der Waals surface area contributed by atoms with Crippen LogP contribution in [0.25, 0.3) is 0 Å². The number of hydrogen-bond donors (Lipinski definition) is 3. The second-order valence-electron chi connectivity index (χ2n) is 17.1. The van der Waals surface area contributed by atoms with Crippen molar-refractivity contribution in [3.8, 4) is 0 Å². The Labute approximate surface area is 340 Å². The lowest BCUT2D eigenvalue weighted by Gasteiger charge is -2.44. The molecule has 0 saturated carbocycles. The summed E-state index contributed by atoms with van der Waals surface area (Å²) in [6.07, 6.45) is 3.48. The van der Waals surface area contributed by atoms with Crippen LogP contribution in [0.4, 0.5) is 0 Å². The molecule has 0 radical (unpaired) electrons. The van der Waals surface area contributed by atoms with E-state index >= 15 is 0 Å². The average molecular weight is 795 g/mol. The van der Waals surface area contributed by atoms with Crippen molar-refractivity contribution < 1.29 is 28.4 Å². The number of ketones is 1. The Morgan fingerprint density at radius 3 is 2.05 bits per heavy atom. The van der Waals surface area contributed by atoms with Crippen molar-refractivity contribution in [3.63, 3.8) is 0 Å². The maximum Gasteiger partial charge on any atom is 0.262 e. The van der Waals surface area contributed by atoms with E-state index in [1.165, 1.54) is 0 Å². The Bertz CT molecular complexity index is 1830. The Morgan fingerprint density at radius 2 is 1.47 bits per heavy atom. The first kappa shape index (κ1) is 43.5. The second kappa shape index (κ2) is 18.8. The summed E-state index contributed by atoms with van der Waals surface area (Å²) in [5.41, 5.74) is 0.653. The molecule has 4 amide bonds. The lowest BCUT2D eigenvalue weighted by molar-refractivity contribution is -0.144. The highest BCUT2D eigenvalue weighted by molar-refractivity contribution is 6.99. The molecule has 0 aromatic heterocycles. The summed E-state index contributed by atoms with van der Waals surface area (Å²) in [6.45, 7) is 14.3. The maximum absolute atomic E-state index is 14.1. The molecular formula is C46H62N4O6Si. The van der Waals surface area contributed by atoms with Crippen molar-refractivity contribution in [2.45, 2.75) is 141 Å². The van der Waals surface area contributed by atoms with Crippen LogP contribution in [-0.4, -0.2) is 78.9 Å². The van der Waals surface area contributed by atoms with E-state index in [-0.39, 0.29) is 35.5 Å². The number of aryl methyl sites for hydroxylation is 1. The Balaban J connectivity index is 1.25. The molecule has 5 atom stereocenters. The second-order valence-corrected chi connectivity index (χ2v) is 21.4. The Kier molecular flexibility index (Phi) is 14.3. The molecule has 306 valence electrons. The monoisotopic (exact) mass is 794 g/mol. The number of hydrogen-bond acceptors (Lipinski definition) is 6. The van der Waals surface area contributed by atoms with E-state index in [1.807, 2.05) is 81.4 Å². The van der Waals surface area contributed by atoms with Gasteiger partial charge in [0.1, 0.15) is 29.8 Å². The van der Waals surface area contributed by atoms with E-state index in [9.17, 15) is 24.0 Å². The van der Waals surface area contributed by atoms with Crippen LogP contribution in [0.2, 0.25) is 5.04 Å². The standard InChI is InChI=1S/C46H62N4O6Si/c1-8-46(7)44(55)48-38(31-34-28-26-32(2)27-29-34)43(54)50-30-18-24-39(50)42(53)47-37(41(52)49-46)23-16-11-17-25-40(51)33(3)56-57(45(4,5)6,35-19-12-9-13-20-35)36-21-14-10-15-22-36/h9-10,12-15,19-22,26-29,33,37-39H,8,11,16-18,23-25,30-31H2,1-7H3,(H,47,53)(H,48,55)(H,49,52)/t33-,37-,38-,39+,46-/m0/s1. The molecule has 2 aliphatic heterocycles. The smallest absolute Gasteiger partial charge is 0.262 e. The molecule has 2 aliphatic rings. The van der Waals surface area contributed by atoms with E-state index in [2.05, 4.69) is 61.0 Å². The molecule has 2 heterocycles. The van der Waals surface area contributed by atoms with Crippen LogP contribution < -0.4 is 26.3 Å². The van der Waals surface area contributed by atoms with E-state index in [1.54, 1.807) is 11.8 Å². The minimum Gasteiger partial charge on any atom is -0.398 e. The van der Waals surface area contributed by atoms with Crippen LogP contribution >= 0.6 is 0 Å². The Morgan fingerprint density at radius 1 is 0.860 bits per heavy atom. The van der Waals surface area contributed by atoms with Crippen molar-refractivity contribution in [2.24, 2.45) is 0 Å². The number of carbonyl (C=O) groups is 5. The van der Waals surface area contributed by atoms with Gasteiger partial charge in [-0.1, -0.05) is 131 Å². The van der Waals surface area contributed by atoms with Gasteiger partial charge in [-0.05, 0) is 73.9 Å². The van der Waals surface area contributed by atoms with Crippen LogP contribution in [0.3, 0.4) is 0 Å². The number of nitrogens with one attached hydrogen (secondary N) is 3. The predicted molar refractivity (Wildman–Crippen MR) is 227 cm³/mol. The zero-order valence-electron chi connectivity index (χ0n) is 34.9. The van der Waals surface area contributed by atoms with Gasteiger partial charge >= 0.3 is 0 Å². The molecule has 3 N–H and O–H groups in total. The zero-order chi connectivity index (χ0) is 41.4. The normalized spacial score (nSPS) is 22.7. The van der Waals surface area contributed by atoms with Crippen LogP contribution in [-0.2, 0) is 34.8 Å². The zero-order valence-corrected chi connectivity index (χ0v) is 35.9. The van der Waals surface area contributed by atoms with E-state index < -0.39 is 49.9 Å². The van der Waals surface area contributed by atoms with Crippen LogP contribution in [0.1, 0.15) is 104 Å². The molecule has 57 heavy (non-hydrogen) atoms. The first-order chi connectivity index (χ1) is 27.1. The molecular weight excluding hydrogens is 733 g/mol. The molecule has 5 rings (SSSR count). The fourth-order valence-corrected chi connectivity index (χ4v) is 12.9. The highest BCUT2D eigenvalue weighted by Gasteiger charge is 2.51. The predicted octanol–water partition coefficient (Wildman–Crippen LogP) is 5.28. The van der Waals surface area contributed by atoms with Crippen molar-refractivity contribution in [3.05, 3.63) is 96.1 Å². The number of benzene rings is 3. The minimum absolute atomic E-state index is 0.0245. The Hall–Kier alpha value is -4.61. The van der Waals surface area contributed by atoms with Gasteiger partial charge in [-0.25, -0.2) is 0 Å². The van der Waals surface area contributed by atoms with Gasteiger partial charge < -0.3 is 25.3 Å². The van der Waals surface area contributed by atoms with Crippen molar-refractivity contribution >= 4 is 48.1 Å². The number of unbranched alkanes of at least 4 members (excludes halogenated alkanes) is 2. The lowest BCUT2D eigenvalue weighted by atomic mass is 9.94. The first-order valence-corrected chi connectivity index (χ1v) is 22.6. The number of nitrogens with zero attached hydrogens (tertiary/aromatic N) is 1.